The molecule has 0 spiro atoms. The fourth-order valence-corrected chi connectivity index (χ4v) is 2.90. The summed E-state index contributed by atoms with van der Waals surface area (Å²) >= 11 is 6.06. The fraction of sp³-hybridized carbons (Fsp3) is 0.0833. The number of amides is 1. The number of rotatable bonds is 7. The Labute approximate surface area is 194 Å². The maximum Gasteiger partial charge on any atom is 0.343 e. The topological polar surface area (TPSA) is 103 Å². The van der Waals surface area contributed by atoms with Crippen molar-refractivity contribution >= 4 is 35.7 Å². The molecule has 0 aliphatic carbocycles. The number of nitrogens with one attached hydrogen (secondary N) is 1. The predicted molar refractivity (Wildman–Crippen MR) is 122 cm³/mol. The smallest absolute Gasteiger partial charge is 0.343 e. The molecule has 33 heavy (non-hydrogen) atoms. The molecule has 1 N–H and O–H groups in total. The lowest BCUT2D eigenvalue weighted by atomic mass is 10.2. The second kappa shape index (κ2) is 10.9. The van der Waals surface area contributed by atoms with E-state index < -0.39 is 17.8 Å². The highest BCUT2D eigenvalue weighted by Crippen LogP contribution is 2.29. The Hall–Kier alpha value is -4.17. The Morgan fingerprint density at radius 2 is 1.61 bits per heavy atom. The van der Waals surface area contributed by atoms with Crippen LogP contribution in [0.15, 0.2) is 71.8 Å². The maximum absolute atomic E-state index is 12.7. The molecule has 0 aliphatic heterocycles. The minimum Gasteiger partial charge on any atom is -0.493 e. The first-order valence-corrected chi connectivity index (χ1v) is 10.0. The predicted octanol–water partition coefficient (Wildman–Crippen LogP) is 4.26. The molecule has 0 aromatic heterocycles. The highest BCUT2D eigenvalue weighted by atomic mass is 35.5. The number of hydrogen-bond acceptors (Lipinski definition) is 7. The molecule has 3 aromatic rings. The van der Waals surface area contributed by atoms with Crippen molar-refractivity contribution in [2.75, 3.05) is 7.11 Å². The van der Waals surface area contributed by atoms with Gasteiger partial charge in [0.25, 0.3) is 5.91 Å². The van der Waals surface area contributed by atoms with Crippen molar-refractivity contribution in [1.82, 2.24) is 5.43 Å². The molecule has 0 atom stereocenters. The molecule has 0 fully saturated rings. The average Bonchev–Trinajstić information content (AvgIpc) is 2.81. The van der Waals surface area contributed by atoms with Crippen molar-refractivity contribution < 1.29 is 28.6 Å². The van der Waals surface area contributed by atoms with Crippen LogP contribution in [-0.2, 0) is 4.79 Å². The summed E-state index contributed by atoms with van der Waals surface area (Å²) in [5.41, 5.74) is 3.38. The highest BCUT2D eigenvalue weighted by Gasteiger charge is 2.16. The van der Waals surface area contributed by atoms with E-state index in [0.29, 0.717) is 16.1 Å². The van der Waals surface area contributed by atoms with Gasteiger partial charge in [-0.1, -0.05) is 29.8 Å². The van der Waals surface area contributed by atoms with Crippen LogP contribution in [0, 0.1) is 0 Å². The van der Waals surface area contributed by atoms with E-state index >= 15 is 0 Å². The van der Waals surface area contributed by atoms with Crippen LogP contribution >= 0.6 is 11.6 Å². The van der Waals surface area contributed by atoms with Gasteiger partial charge in [0, 0.05) is 23.1 Å². The van der Waals surface area contributed by atoms with Crippen molar-refractivity contribution in [1.29, 1.82) is 0 Å². The van der Waals surface area contributed by atoms with Crippen LogP contribution in [-0.4, -0.2) is 31.2 Å². The number of hydrazone groups is 1. The number of methoxy groups -OCH3 is 1. The monoisotopic (exact) mass is 466 g/mol. The number of halogens is 1. The number of ether oxygens (including phenoxy) is 3. The minimum absolute atomic E-state index is 0.165. The lowest BCUT2D eigenvalue weighted by Crippen LogP contribution is -2.17. The lowest BCUT2D eigenvalue weighted by Gasteiger charge is -2.11. The van der Waals surface area contributed by atoms with Crippen molar-refractivity contribution in [2.45, 2.75) is 6.92 Å². The minimum atomic E-state index is -0.687. The van der Waals surface area contributed by atoms with Crippen LogP contribution in [0.1, 0.15) is 33.2 Å². The number of hydrogen-bond donors (Lipinski definition) is 1. The molecule has 1 amide bonds. The van der Waals surface area contributed by atoms with E-state index in [1.165, 1.54) is 50.6 Å². The zero-order valence-corrected chi connectivity index (χ0v) is 18.5. The third-order valence-corrected chi connectivity index (χ3v) is 4.47. The summed E-state index contributed by atoms with van der Waals surface area (Å²) in [6.45, 7) is 1.26. The van der Waals surface area contributed by atoms with Gasteiger partial charge in [0.2, 0.25) is 0 Å². The van der Waals surface area contributed by atoms with Crippen LogP contribution in [0.3, 0.4) is 0 Å². The molecule has 0 saturated heterocycles. The molecule has 0 saturated carbocycles. The summed E-state index contributed by atoms with van der Waals surface area (Å²) in [6, 6.07) is 17.4. The number of benzene rings is 3. The molecule has 0 aliphatic rings. The standard InChI is InChI=1S/C24H19ClN2O6/c1-15(28)32-21-10-8-17(13-22(21)31-2)24(30)33-20-11-9-19(25)12-18(20)14-26-27-23(29)16-6-4-3-5-7-16/h3-14H,1-2H3,(H,27,29)/b26-14+. The SMILES string of the molecule is COc1cc(C(=O)Oc2ccc(Cl)cc2/C=N/NC(=O)c2ccccc2)ccc1OC(C)=O. The van der Waals surface area contributed by atoms with Gasteiger partial charge in [-0.25, -0.2) is 10.2 Å². The number of carbonyl (C=O) groups excluding carboxylic acids is 3. The summed E-state index contributed by atoms with van der Waals surface area (Å²) in [5, 5.41) is 4.31. The van der Waals surface area contributed by atoms with Gasteiger partial charge in [0.05, 0.1) is 18.9 Å². The van der Waals surface area contributed by atoms with Gasteiger partial charge in [-0.2, -0.15) is 5.10 Å². The Kier molecular flexibility index (Phi) is 7.77. The van der Waals surface area contributed by atoms with Crippen molar-refractivity contribution in [3.05, 3.63) is 88.4 Å². The van der Waals surface area contributed by atoms with E-state index in [1.54, 1.807) is 36.4 Å². The van der Waals surface area contributed by atoms with Gasteiger partial charge in [-0.05, 0) is 48.5 Å². The summed E-state index contributed by atoms with van der Waals surface area (Å²) in [4.78, 5) is 36.0. The molecular weight excluding hydrogens is 448 g/mol. The average molecular weight is 467 g/mol. The molecular formula is C24H19ClN2O6. The van der Waals surface area contributed by atoms with Gasteiger partial charge in [-0.3, -0.25) is 9.59 Å². The Bertz CT molecular complexity index is 1210. The van der Waals surface area contributed by atoms with Crippen LogP contribution in [0.4, 0.5) is 0 Å². The molecule has 168 valence electrons. The number of esters is 2. The van der Waals surface area contributed by atoms with Gasteiger partial charge in [-0.15, -0.1) is 0 Å². The third-order valence-electron chi connectivity index (χ3n) is 4.23. The molecule has 0 heterocycles. The lowest BCUT2D eigenvalue weighted by molar-refractivity contribution is -0.132. The van der Waals surface area contributed by atoms with E-state index in [4.69, 9.17) is 25.8 Å². The molecule has 8 nitrogen and oxygen atoms in total. The van der Waals surface area contributed by atoms with Crippen molar-refractivity contribution in [3.63, 3.8) is 0 Å². The largest absolute Gasteiger partial charge is 0.493 e. The van der Waals surface area contributed by atoms with Crippen LogP contribution in [0.5, 0.6) is 17.2 Å². The van der Waals surface area contributed by atoms with E-state index in [1.807, 2.05) is 0 Å². The van der Waals surface area contributed by atoms with Crippen molar-refractivity contribution in [2.24, 2.45) is 5.10 Å². The fourth-order valence-electron chi connectivity index (χ4n) is 2.72. The van der Waals surface area contributed by atoms with Gasteiger partial charge in [0.15, 0.2) is 11.5 Å². The first-order valence-electron chi connectivity index (χ1n) is 9.64. The first-order chi connectivity index (χ1) is 15.9. The summed E-state index contributed by atoms with van der Waals surface area (Å²) in [6.07, 6.45) is 1.32. The van der Waals surface area contributed by atoms with Gasteiger partial charge >= 0.3 is 11.9 Å². The first kappa shape index (κ1) is 23.5. The summed E-state index contributed by atoms with van der Waals surface area (Å²) in [7, 11) is 1.38. The highest BCUT2D eigenvalue weighted by molar-refractivity contribution is 6.31. The van der Waals surface area contributed by atoms with Crippen LogP contribution in [0.2, 0.25) is 5.02 Å². The van der Waals surface area contributed by atoms with E-state index in [2.05, 4.69) is 10.5 Å². The van der Waals surface area contributed by atoms with E-state index in [-0.39, 0.29) is 22.8 Å². The zero-order valence-electron chi connectivity index (χ0n) is 17.7. The van der Waals surface area contributed by atoms with E-state index in [0.717, 1.165) is 0 Å². The molecule has 0 radical (unpaired) electrons. The quantitative estimate of drug-likeness (QED) is 0.241. The zero-order chi connectivity index (χ0) is 23.8. The Morgan fingerprint density at radius 1 is 0.879 bits per heavy atom. The maximum atomic E-state index is 12.7. The molecule has 0 unspecified atom stereocenters. The van der Waals surface area contributed by atoms with Crippen LogP contribution < -0.4 is 19.6 Å². The summed E-state index contributed by atoms with van der Waals surface area (Å²) in [5.74, 6) is -1.06. The molecule has 9 heteroatoms. The Morgan fingerprint density at radius 3 is 2.30 bits per heavy atom. The molecule has 0 bridgehead atoms. The van der Waals surface area contributed by atoms with Crippen LogP contribution in [0.25, 0.3) is 0 Å². The molecule has 3 aromatic carbocycles. The Balaban J connectivity index is 1.77. The molecule has 3 rings (SSSR count). The second-order valence-electron chi connectivity index (χ2n) is 6.60. The second-order valence-corrected chi connectivity index (χ2v) is 7.03. The summed E-state index contributed by atoms with van der Waals surface area (Å²) < 4.78 is 15.7. The normalized spacial score (nSPS) is 10.5. The number of nitrogens with zero attached hydrogens (tertiary/aromatic N) is 1. The van der Waals surface area contributed by atoms with Crippen molar-refractivity contribution in [3.8, 4) is 17.2 Å². The van der Waals surface area contributed by atoms with E-state index in [9.17, 15) is 14.4 Å². The number of carbonyl (C=O) groups is 3. The van der Waals surface area contributed by atoms with Gasteiger partial charge < -0.3 is 14.2 Å². The van der Waals surface area contributed by atoms with Gasteiger partial charge in [0.1, 0.15) is 5.75 Å². The third kappa shape index (κ3) is 6.41.